The van der Waals surface area contributed by atoms with Crippen LogP contribution in [0.15, 0.2) is 91.6 Å². The molecule has 3 aromatic carbocycles. The highest BCUT2D eigenvalue weighted by molar-refractivity contribution is 9.11. The summed E-state index contributed by atoms with van der Waals surface area (Å²) in [6, 6.07) is 23.2. The molecule has 1 amide bonds. The van der Waals surface area contributed by atoms with E-state index in [0.717, 1.165) is 22.1 Å². The Labute approximate surface area is 202 Å². The molecule has 7 heteroatoms. The monoisotopic (exact) mass is 556 g/mol. The summed E-state index contributed by atoms with van der Waals surface area (Å²) < 4.78 is 1.36. The zero-order chi connectivity index (χ0) is 21.8. The smallest absolute Gasteiger partial charge is 0.266 e. The maximum atomic E-state index is 13.3. The van der Waals surface area contributed by atoms with Gasteiger partial charge in [-0.05, 0) is 70.0 Å². The molecule has 1 aliphatic rings. The number of rotatable bonds is 5. The number of carbonyl (C=O) groups excluding carboxylic acids is 1. The van der Waals surface area contributed by atoms with Gasteiger partial charge in [-0.15, -0.1) is 0 Å². The van der Waals surface area contributed by atoms with E-state index in [1.54, 1.807) is 23.1 Å². The van der Waals surface area contributed by atoms with Crippen LogP contribution >= 0.6 is 43.6 Å². The molecule has 1 heterocycles. The molecule has 0 spiro atoms. The van der Waals surface area contributed by atoms with Crippen LogP contribution in [0.3, 0.4) is 0 Å². The van der Waals surface area contributed by atoms with E-state index in [-0.39, 0.29) is 11.7 Å². The van der Waals surface area contributed by atoms with Gasteiger partial charge in [-0.3, -0.25) is 9.69 Å². The average Bonchev–Trinajstić information content (AvgIpc) is 3.05. The number of hydrogen-bond donors (Lipinski definition) is 1. The first kappa shape index (κ1) is 21.9. The summed E-state index contributed by atoms with van der Waals surface area (Å²) in [5, 5.41) is 11.0. The van der Waals surface area contributed by atoms with Crippen LogP contribution in [-0.4, -0.2) is 27.6 Å². The fourth-order valence-electron chi connectivity index (χ4n) is 3.12. The second kappa shape index (κ2) is 9.85. The van der Waals surface area contributed by atoms with Crippen LogP contribution in [-0.2, 0) is 11.2 Å². The van der Waals surface area contributed by atoms with Crippen LogP contribution in [0.5, 0.6) is 5.75 Å². The number of phenolic OH excluding ortho intramolecular Hbond substituents is 1. The average molecular weight is 558 g/mol. The first-order valence-electron chi connectivity index (χ1n) is 9.58. The Kier molecular flexibility index (Phi) is 6.95. The minimum Gasteiger partial charge on any atom is -0.506 e. The number of carbonyl (C=O) groups is 1. The number of amides is 1. The van der Waals surface area contributed by atoms with Crippen LogP contribution in [0.4, 0.5) is 5.69 Å². The van der Waals surface area contributed by atoms with E-state index >= 15 is 0 Å². The van der Waals surface area contributed by atoms with Gasteiger partial charge in [0.2, 0.25) is 0 Å². The molecule has 0 unspecified atom stereocenters. The Morgan fingerprint density at radius 1 is 1.00 bits per heavy atom. The fourth-order valence-corrected chi connectivity index (χ4v) is 5.40. The lowest BCUT2D eigenvalue weighted by molar-refractivity contribution is -0.122. The number of aliphatic imine (C=N–C) groups is 1. The molecular weight excluding hydrogens is 540 g/mol. The molecule has 156 valence electrons. The van der Waals surface area contributed by atoms with E-state index in [1.165, 1.54) is 11.8 Å². The van der Waals surface area contributed by atoms with E-state index in [1.807, 2.05) is 48.5 Å². The summed E-state index contributed by atoms with van der Waals surface area (Å²) in [5.74, 6) is -0.0282. The van der Waals surface area contributed by atoms with Gasteiger partial charge in [-0.1, -0.05) is 64.5 Å². The Morgan fingerprint density at radius 2 is 1.68 bits per heavy atom. The summed E-state index contributed by atoms with van der Waals surface area (Å²) in [6.45, 7) is 0.521. The van der Waals surface area contributed by atoms with Crippen molar-refractivity contribution in [1.29, 1.82) is 0 Å². The molecular formula is C24H18Br2N2O2S. The first-order chi connectivity index (χ1) is 15.0. The van der Waals surface area contributed by atoms with Gasteiger partial charge in [-0.25, -0.2) is 4.99 Å². The normalized spacial score (nSPS) is 16.5. The molecule has 0 radical (unpaired) electrons. The van der Waals surface area contributed by atoms with Crippen molar-refractivity contribution in [3.8, 4) is 5.75 Å². The van der Waals surface area contributed by atoms with Gasteiger partial charge in [0.05, 0.1) is 15.1 Å². The molecule has 0 bridgehead atoms. The molecule has 4 nitrogen and oxygen atoms in total. The number of amidine groups is 1. The number of benzene rings is 3. The molecule has 4 rings (SSSR count). The third-order valence-electron chi connectivity index (χ3n) is 4.68. The van der Waals surface area contributed by atoms with Gasteiger partial charge in [0.1, 0.15) is 5.75 Å². The molecule has 31 heavy (non-hydrogen) atoms. The first-order valence-corrected chi connectivity index (χ1v) is 12.0. The zero-order valence-corrected chi connectivity index (χ0v) is 20.3. The Morgan fingerprint density at radius 3 is 2.39 bits per heavy atom. The number of para-hydroxylation sites is 1. The Hall–Kier alpha value is -2.35. The maximum Gasteiger partial charge on any atom is 0.266 e. The highest BCUT2D eigenvalue weighted by Crippen LogP contribution is 2.38. The molecule has 0 saturated carbocycles. The van der Waals surface area contributed by atoms with Crippen molar-refractivity contribution in [1.82, 2.24) is 4.90 Å². The van der Waals surface area contributed by atoms with Crippen LogP contribution in [0, 0.1) is 0 Å². The number of aromatic hydroxyl groups is 1. The lowest BCUT2D eigenvalue weighted by Gasteiger charge is -2.15. The van der Waals surface area contributed by atoms with Crippen molar-refractivity contribution in [3.63, 3.8) is 0 Å². The van der Waals surface area contributed by atoms with Gasteiger partial charge in [0.15, 0.2) is 5.17 Å². The van der Waals surface area contributed by atoms with Crippen molar-refractivity contribution >= 4 is 66.5 Å². The molecule has 1 aliphatic heterocycles. The van der Waals surface area contributed by atoms with E-state index < -0.39 is 0 Å². The number of hydrogen-bond acceptors (Lipinski definition) is 4. The highest BCUT2D eigenvalue weighted by atomic mass is 79.9. The second-order valence-electron chi connectivity index (χ2n) is 6.86. The third kappa shape index (κ3) is 5.29. The Bertz CT molecular complexity index is 1160. The van der Waals surface area contributed by atoms with Crippen molar-refractivity contribution in [2.24, 2.45) is 4.99 Å². The molecule has 1 fully saturated rings. The third-order valence-corrected chi connectivity index (χ3v) is 6.75. The lowest BCUT2D eigenvalue weighted by Crippen LogP contribution is -2.31. The van der Waals surface area contributed by atoms with E-state index in [4.69, 9.17) is 4.99 Å². The molecule has 3 aromatic rings. The van der Waals surface area contributed by atoms with Crippen LogP contribution in [0.1, 0.15) is 11.1 Å². The predicted molar refractivity (Wildman–Crippen MR) is 134 cm³/mol. The van der Waals surface area contributed by atoms with E-state index in [2.05, 4.69) is 44.0 Å². The maximum absolute atomic E-state index is 13.3. The number of nitrogens with zero attached hydrogens (tertiary/aromatic N) is 2. The molecule has 1 saturated heterocycles. The van der Waals surface area contributed by atoms with Crippen LogP contribution < -0.4 is 0 Å². The number of thioether (sulfide) groups is 1. The van der Waals surface area contributed by atoms with Crippen molar-refractivity contribution in [2.75, 3.05) is 6.54 Å². The summed E-state index contributed by atoms with van der Waals surface area (Å²) in [4.78, 5) is 20.2. The molecule has 0 atom stereocenters. The molecule has 0 aliphatic carbocycles. The highest BCUT2D eigenvalue weighted by Gasteiger charge is 2.33. The van der Waals surface area contributed by atoms with Gasteiger partial charge < -0.3 is 5.11 Å². The molecule has 0 aromatic heterocycles. The summed E-state index contributed by atoms with van der Waals surface area (Å²) in [5.41, 5.74) is 2.50. The largest absolute Gasteiger partial charge is 0.506 e. The summed E-state index contributed by atoms with van der Waals surface area (Å²) in [6.07, 6.45) is 2.43. The van der Waals surface area contributed by atoms with Crippen molar-refractivity contribution in [2.45, 2.75) is 6.42 Å². The minimum absolute atomic E-state index is 0.0911. The predicted octanol–water partition coefficient (Wildman–Crippen LogP) is 6.76. The minimum atomic E-state index is -0.119. The topological polar surface area (TPSA) is 52.9 Å². The lowest BCUT2D eigenvalue weighted by atomic mass is 10.1. The van der Waals surface area contributed by atoms with Crippen LogP contribution in [0.2, 0.25) is 0 Å². The summed E-state index contributed by atoms with van der Waals surface area (Å²) >= 11 is 8.10. The number of halogens is 2. The van der Waals surface area contributed by atoms with E-state index in [9.17, 15) is 9.90 Å². The van der Waals surface area contributed by atoms with Gasteiger partial charge >= 0.3 is 0 Å². The Balaban J connectivity index is 1.67. The SMILES string of the molecule is O=C1/C(=C\c2cc(Br)cc(Br)c2O)SC(=Nc2ccccc2)N1CCc1ccccc1. The van der Waals surface area contributed by atoms with Gasteiger partial charge in [-0.2, -0.15) is 0 Å². The van der Waals surface area contributed by atoms with E-state index in [0.29, 0.717) is 26.7 Å². The van der Waals surface area contributed by atoms with Crippen molar-refractivity contribution in [3.05, 3.63) is 97.8 Å². The quantitative estimate of drug-likeness (QED) is 0.352. The summed E-state index contributed by atoms with van der Waals surface area (Å²) in [7, 11) is 0. The van der Waals surface area contributed by atoms with Crippen molar-refractivity contribution < 1.29 is 9.90 Å². The van der Waals surface area contributed by atoms with Gasteiger partial charge in [0, 0.05) is 16.6 Å². The number of phenols is 1. The molecule has 1 N–H and O–H groups in total. The fraction of sp³-hybridized carbons (Fsp3) is 0.0833. The van der Waals surface area contributed by atoms with Crippen LogP contribution in [0.25, 0.3) is 6.08 Å². The zero-order valence-electron chi connectivity index (χ0n) is 16.3. The van der Waals surface area contributed by atoms with Gasteiger partial charge in [0.25, 0.3) is 5.91 Å². The standard InChI is InChI=1S/C24H18Br2N2O2S/c25-18-13-17(22(29)20(26)15-18)14-21-23(30)28(12-11-16-7-3-1-4-8-16)24(31-21)27-19-9-5-2-6-10-19/h1-10,13-15,29H,11-12H2/b21-14+,27-24?. The second-order valence-corrected chi connectivity index (χ2v) is 9.64.